The lowest BCUT2D eigenvalue weighted by Gasteiger charge is -2.06. The number of hydrogen-bond acceptors (Lipinski definition) is 6. The second kappa shape index (κ2) is 6.20. The first-order valence-electron chi connectivity index (χ1n) is 5.73. The predicted octanol–water partition coefficient (Wildman–Crippen LogP) is 1.33. The second-order valence-corrected chi connectivity index (χ2v) is 6.78. The summed E-state index contributed by atoms with van der Waals surface area (Å²) in [6.07, 6.45) is 0. The Kier molecular flexibility index (Phi) is 4.56. The number of nitrogens with one attached hydrogen (secondary N) is 1. The number of nitrogens with zero attached hydrogens (tertiary/aromatic N) is 1. The molecule has 0 radical (unpaired) electrons. The third-order valence-corrected chi connectivity index (χ3v) is 5.38. The summed E-state index contributed by atoms with van der Waals surface area (Å²) in [6.45, 7) is 0.0449. The topological polar surface area (TPSA) is 106 Å². The second-order valence-electron chi connectivity index (χ2n) is 3.97. The molecule has 0 aliphatic heterocycles. The van der Waals surface area contributed by atoms with Gasteiger partial charge in [-0.25, -0.2) is 22.9 Å². The highest BCUT2D eigenvalue weighted by atomic mass is 32.2. The molecule has 0 aliphatic rings. The van der Waals surface area contributed by atoms with E-state index >= 15 is 0 Å². The summed E-state index contributed by atoms with van der Waals surface area (Å²) < 4.78 is 31.2. The van der Waals surface area contributed by atoms with Crippen molar-refractivity contribution in [1.29, 1.82) is 0 Å². The lowest BCUT2D eigenvalue weighted by molar-refractivity contribution is 0.0687. The molecular weight excluding hydrogens is 316 g/mol. The van der Waals surface area contributed by atoms with E-state index in [1.807, 2.05) is 0 Å². The maximum absolute atomic E-state index is 12.1. The number of aromatic nitrogens is 1. The van der Waals surface area contributed by atoms with Gasteiger partial charge in [-0.2, -0.15) is 0 Å². The highest BCUT2D eigenvalue weighted by molar-refractivity contribution is 7.91. The molecule has 9 heteroatoms. The smallest absolute Gasteiger partial charge is 0.356 e. The Balaban J connectivity index is 2.14. The Morgan fingerprint density at radius 1 is 1.38 bits per heavy atom. The Morgan fingerprint density at radius 3 is 2.62 bits per heavy atom. The molecule has 0 unspecified atom stereocenters. The molecule has 1 heterocycles. The van der Waals surface area contributed by atoms with Gasteiger partial charge in [-0.05, 0) is 17.7 Å². The zero-order chi connectivity index (χ0) is 15.5. The summed E-state index contributed by atoms with van der Waals surface area (Å²) in [7, 11) is -2.38. The van der Waals surface area contributed by atoms with Crippen molar-refractivity contribution in [2.45, 2.75) is 10.8 Å². The number of benzene rings is 1. The van der Waals surface area contributed by atoms with Crippen LogP contribution in [0, 0.1) is 0 Å². The van der Waals surface area contributed by atoms with Crippen molar-refractivity contribution in [2.24, 2.45) is 0 Å². The molecule has 0 atom stereocenters. The van der Waals surface area contributed by atoms with Gasteiger partial charge in [0.25, 0.3) is 10.0 Å². The Morgan fingerprint density at radius 2 is 2.05 bits per heavy atom. The van der Waals surface area contributed by atoms with Gasteiger partial charge in [-0.15, -0.1) is 11.3 Å². The molecule has 0 spiro atoms. The van der Waals surface area contributed by atoms with Crippen molar-refractivity contribution in [3.63, 3.8) is 0 Å². The van der Waals surface area contributed by atoms with Gasteiger partial charge in [0.1, 0.15) is 5.75 Å². The molecule has 112 valence electrons. The number of carboxylic acids is 1. The van der Waals surface area contributed by atoms with Gasteiger partial charge < -0.3 is 9.84 Å². The van der Waals surface area contributed by atoms with E-state index in [4.69, 9.17) is 9.84 Å². The van der Waals surface area contributed by atoms with Gasteiger partial charge >= 0.3 is 5.97 Å². The van der Waals surface area contributed by atoms with Crippen LogP contribution in [0.5, 0.6) is 5.75 Å². The van der Waals surface area contributed by atoms with Crippen LogP contribution in [-0.4, -0.2) is 31.6 Å². The first-order chi connectivity index (χ1) is 9.94. The van der Waals surface area contributed by atoms with E-state index in [0.29, 0.717) is 5.75 Å². The van der Waals surface area contributed by atoms with Crippen LogP contribution in [0.1, 0.15) is 16.1 Å². The number of methoxy groups -OCH3 is 1. The maximum atomic E-state index is 12.1. The molecule has 2 rings (SSSR count). The summed E-state index contributed by atoms with van der Waals surface area (Å²) in [5.41, 5.74) is 1.44. The number of thiazole rings is 1. The third-order valence-electron chi connectivity index (χ3n) is 2.61. The Bertz CT molecular complexity index is 737. The number of rotatable bonds is 6. The summed E-state index contributed by atoms with van der Waals surface area (Å²) >= 11 is 0.764. The third kappa shape index (κ3) is 3.57. The van der Waals surface area contributed by atoms with E-state index in [-0.39, 0.29) is 10.8 Å². The van der Waals surface area contributed by atoms with Gasteiger partial charge in [0.15, 0.2) is 9.90 Å². The van der Waals surface area contributed by atoms with Crippen LogP contribution in [-0.2, 0) is 16.6 Å². The zero-order valence-electron chi connectivity index (χ0n) is 10.9. The summed E-state index contributed by atoms with van der Waals surface area (Å²) in [4.78, 5) is 14.5. The lowest BCUT2D eigenvalue weighted by atomic mass is 10.2. The Labute approximate surface area is 125 Å². The number of ether oxygens (including phenoxy) is 1. The minimum atomic E-state index is -3.91. The largest absolute Gasteiger partial charge is 0.497 e. The molecule has 0 saturated carbocycles. The standard InChI is InChI=1S/C12H12N2O5S2/c1-19-9-4-2-8(3-5-9)6-14-21(17,18)12-10(11(15)16)13-7-20-12/h2-5,7,14H,6H2,1H3,(H,15,16). The fourth-order valence-corrected chi connectivity index (χ4v) is 3.76. The van der Waals surface area contributed by atoms with Crippen LogP contribution in [0.25, 0.3) is 0 Å². The monoisotopic (exact) mass is 328 g/mol. The van der Waals surface area contributed by atoms with Crippen LogP contribution >= 0.6 is 11.3 Å². The van der Waals surface area contributed by atoms with Crippen molar-refractivity contribution in [3.8, 4) is 5.75 Å². The predicted molar refractivity (Wildman–Crippen MR) is 76.1 cm³/mol. The summed E-state index contributed by atoms with van der Waals surface area (Å²) in [6, 6.07) is 6.84. The van der Waals surface area contributed by atoms with E-state index in [1.165, 1.54) is 12.6 Å². The van der Waals surface area contributed by atoms with Crippen molar-refractivity contribution in [1.82, 2.24) is 9.71 Å². The SMILES string of the molecule is COc1ccc(CNS(=O)(=O)c2scnc2C(=O)O)cc1. The minimum absolute atomic E-state index is 0.0449. The molecule has 0 fully saturated rings. The van der Waals surface area contributed by atoms with Crippen LogP contribution in [0.15, 0.2) is 34.0 Å². The van der Waals surface area contributed by atoms with E-state index in [9.17, 15) is 13.2 Å². The van der Waals surface area contributed by atoms with Crippen molar-refractivity contribution in [3.05, 3.63) is 41.0 Å². The van der Waals surface area contributed by atoms with Gasteiger partial charge in [0, 0.05) is 6.54 Å². The molecule has 0 amide bonds. The van der Waals surface area contributed by atoms with Crippen LogP contribution < -0.4 is 9.46 Å². The van der Waals surface area contributed by atoms with E-state index in [0.717, 1.165) is 16.9 Å². The van der Waals surface area contributed by atoms with Crippen LogP contribution in [0.3, 0.4) is 0 Å². The number of hydrogen-bond donors (Lipinski definition) is 2. The number of sulfonamides is 1. The molecular formula is C12H12N2O5S2. The zero-order valence-corrected chi connectivity index (χ0v) is 12.6. The van der Waals surface area contributed by atoms with Crippen molar-refractivity contribution < 1.29 is 23.1 Å². The fraction of sp³-hybridized carbons (Fsp3) is 0.167. The highest BCUT2D eigenvalue weighted by Crippen LogP contribution is 2.20. The van der Waals surface area contributed by atoms with Gasteiger partial charge in [0.05, 0.1) is 12.6 Å². The van der Waals surface area contributed by atoms with Crippen LogP contribution in [0.2, 0.25) is 0 Å². The number of carbonyl (C=O) groups is 1. The summed E-state index contributed by atoms with van der Waals surface area (Å²) in [5.74, 6) is -0.710. The average Bonchev–Trinajstić information content (AvgIpc) is 2.96. The number of carboxylic acid groups (broad SMARTS) is 1. The highest BCUT2D eigenvalue weighted by Gasteiger charge is 2.25. The molecule has 2 aromatic rings. The van der Waals surface area contributed by atoms with E-state index in [1.54, 1.807) is 24.3 Å². The lowest BCUT2D eigenvalue weighted by Crippen LogP contribution is -2.24. The molecule has 1 aromatic heterocycles. The molecule has 7 nitrogen and oxygen atoms in total. The number of aromatic carboxylic acids is 1. The first-order valence-corrected chi connectivity index (χ1v) is 8.09. The molecule has 2 N–H and O–H groups in total. The first kappa shape index (κ1) is 15.4. The fourth-order valence-electron chi connectivity index (χ4n) is 1.56. The molecule has 1 aromatic carbocycles. The Hall–Kier alpha value is -1.97. The van der Waals surface area contributed by atoms with Gasteiger partial charge in [-0.1, -0.05) is 12.1 Å². The summed E-state index contributed by atoms with van der Waals surface area (Å²) in [5, 5.41) is 8.90. The molecule has 0 aliphatic carbocycles. The minimum Gasteiger partial charge on any atom is -0.497 e. The maximum Gasteiger partial charge on any atom is 0.356 e. The van der Waals surface area contributed by atoms with Gasteiger partial charge in [0.2, 0.25) is 0 Å². The van der Waals surface area contributed by atoms with Gasteiger partial charge in [-0.3, -0.25) is 0 Å². The van der Waals surface area contributed by atoms with E-state index < -0.39 is 21.7 Å². The molecule has 21 heavy (non-hydrogen) atoms. The average molecular weight is 328 g/mol. The quantitative estimate of drug-likeness (QED) is 0.828. The normalized spacial score (nSPS) is 11.3. The van der Waals surface area contributed by atoms with Crippen molar-refractivity contribution in [2.75, 3.05) is 7.11 Å². The molecule has 0 saturated heterocycles. The van der Waals surface area contributed by atoms with E-state index in [2.05, 4.69) is 9.71 Å². The van der Waals surface area contributed by atoms with Crippen molar-refractivity contribution >= 4 is 27.3 Å². The molecule has 0 bridgehead atoms. The van der Waals surface area contributed by atoms with Crippen LogP contribution in [0.4, 0.5) is 0 Å².